The summed E-state index contributed by atoms with van der Waals surface area (Å²) in [6.07, 6.45) is 5.94. The molecule has 1 aliphatic heterocycles. The van der Waals surface area contributed by atoms with Crippen molar-refractivity contribution in [3.63, 3.8) is 0 Å². The van der Waals surface area contributed by atoms with Crippen molar-refractivity contribution in [2.45, 2.75) is 51.7 Å². The number of hydrogen-bond donors (Lipinski definition) is 2. The molecule has 7 heteroatoms. The maximum absolute atomic E-state index is 14.2. The minimum absolute atomic E-state index is 0.140. The first-order chi connectivity index (χ1) is 18.5. The smallest absolute Gasteiger partial charge is 0.310 e. The van der Waals surface area contributed by atoms with Crippen molar-refractivity contribution in [1.29, 1.82) is 0 Å². The summed E-state index contributed by atoms with van der Waals surface area (Å²) >= 11 is 0. The van der Waals surface area contributed by atoms with E-state index in [1.165, 1.54) is 0 Å². The molecule has 0 unspecified atom stereocenters. The molecule has 1 heterocycles. The molecule has 0 spiro atoms. The Bertz CT molecular complexity index is 1120. The highest BCUT2D eigenvalue weighted by atomic mass is 16.5. The molecule has 4 rings (SSSR count). The Hall–Kier alpha value is -3.45. The van der Waals surface area contributed by atoms with Gasteiger partial charge in [0.1, 0.15) is 6.04 Å². The molecule has 0 aromatic heterocycles. The van der Waals surface area contributed by atoms with Crippen LogP contribution in [0.1, 0.15) is 37.8 Å². The van der Waals surface area contributed by atoms with E-state index >= 15 is 0 Å². The third-order valence-electron chi connectivity index (χ3n) is 7.72. The van der Waals surface area contributed by atoms with Gasteiger partial charge < -0.3 is 20.1 Å². The minimum atomic E-state index is -0.840. The maximum atomic E-state index is 14.2. The molecule has 0 bridgehead atoms. The molecular formula is C31H38N2O5. The van der Waals surface area contributed by atoms with Crippen molar-refractivity contribution in [2.24, 2.45) is 23.7 Å². The predicted molar refractivity (Wildman–Crippen MR) is 145 cm³/mol. The average Bonchev–Trinajstić information content (AvgIpc) is 3.23. The monoisotopic (exact) mass is 518 g/mol. The van der Waals surface area contributed by atoms with Crippen LogP contribution in [0.25, 0.3) is 0 Å². The molecule has 2 N–H and O–H groups in total. The third-order valence-corrected chi connectivity index (χ3v) is 7.72. The number of nitrogens with zero attached hydrogens (tertiary/aromatic N) is 1. The van der Waals surface area contributed by atoms with Crippen molar-refractivity contribution in [3.05, 3.63) is 83.9 Å². The van der Waals surface area contributed by atoms with E-state index in [9.17, 15) is 19.5 Å². The number of aliphatic hydroxyl groups excluding tert-OH is 1. The molecule has 2 amide bonds. The fourth-order valence-electron chi connectivity index (χ4n) is 6.03. The molecule has 38 heavy (non-hydrogen) atoms. The molecule has 1 aliphatic carbocycles. The Kier molecular flexibility index (Phi) is 9.34. The Morgan fingerprint density at radius 3 is 2.26 bits per heavy atom. The Morgan fingerprint density at radius 2 is 1.66 bits per heavy atom. The number of carbonyl (C=O) groups is 3. The van der Waals surface area contributed by atoms with Gasteiger partial charge in [-0.15, -0.1) is 0 Å². The van der Waals surface area contributed by atoms with Crippen LogP contribution in [0.3, 0.4) is 0 Å². The van der Waals surface area contributed by atoms with Crippen LogP contribution in [0.4, 0.5) is 0 Å². The number of rotatable bonds is 11. The van der Waals surface area contributed by atoms with Crippen LogP contribution < -0.4 is 5.32 Å². The average molecular weight is 519 g/mol. The zero-order valence-corrected chi connectivity index (χ0v) is 22.2. The highest BCUT2D eigenvalue weighted by Crippen LogP contribution is 2.46. The summed E-state index contributed by atoms with van der Waals surface area (Å²) in [7, 11) is 0. The van der Waals surface area contributed by atoms with E-state index in [-0.39, 0.29) is 30.9 Å². The number of amides is 2. The number of aliphatic hydroxyl groups is 1. The summed E-state index contributed by atoms with van der Waals surface area (Å²) in [5.74, 6) is -2.97. The molecule has 2 aromatic rings. The summed E-state index contributed by atoms with van der Waals surface area (Å²) in [5.41, 5.74) is 1.90. The highest BCUT2D eigenvalue weighted by Gasteiger charge is 2.58. The second-order valence-corrected chi connectivity index (χ2v) is 10.1. The lowest BCUT2D eigenvalue weighted by Gasteiger charge is -2.34. The first-order valence-corrected chi connectivity index (χ1v) is 13.6. The molecule has 1 saturated heterocycles. The summed E-state index contributed by atoms with van der Waals surface area (Å²) in [6, 6.07) is 17.8. The van der Waals surface area contributed by atoms with Gasteiger partial charge in [0.2, 0.25) is 11.8 Å². The second kappa shape index (κ2) is 12.9. The van der Waals surface area contributed by atoms with Crippen LogP contribution in [0.2, 0.25) is 0 Å². The van der Waals surface area contributed by atoms with Crippen molar-refractivity contribution in [1.82, 2.24) is 10.2 Å². The molecule has 0 saturated carbocycles. The highest BCUT2D eigenvalue weighted by molar-refractivity contribution is 5.96. The summed E-state index contributed by atoms with van der Waals surface area (Å²) < 4.78 is 5.44. The van der Waals surface area contributed by atoms with Crippen molar-refractivity contribution in [3.8, 4) is 0 Å². The normalized spacial score (nSPS) is 25.1. The fourth-order valence-corrected chi connectivity index (χ4v) is 6.03. The number of nitrogens with one attached hydrogen (secondary N) is 1. The Balaban J connectivity index is 1.70. The number of hydrogen-bond acceptors (Lipinski definition) is 5. The van der Waals surface area contributed by atoms with Crippen LogP contribution in [-0.2, 0) is 32.1 Å². The molecular weight excluding hydrogens is 480 g/mol. The first kappa shape index (κ1) is 27.6. The van der Waals surface area contributed by atoms with Gasteiger partial charge in [-0.05, 0) is 36.8 Å². The first-order valence-electron chi connectivity index (χ1n) is 13.6. The molecule has 0 radical (unpaired) electrons. The number of benzene rings is 2. The molecule has 2 aliphatic rings. The Labute approximate surface area is 224 Å². The lowest BCUT2D eigenvalue weighted by Crippen LogP contribution is -2.52. The largest absolute Gasteiger partial charge is 0.466 e. The van der Waals surface area contributed by atoms with Crippen molar-refractivity contribution < 1.29 is 24.2 Å². The predicted octanol–water partition coefficient (Wildman–Crippen LogP) is 3.52. The molecule has 7 nitrogen and oxygen atoms in total. The summed E-state index contributed by atoms with van der Waals surface area (Å²) in [4.78, 5) is 42.7. The lowest BCUT2D eigenvalue weighted by molar-refractivity contribution is -0.156. The number of ether oxygens (including phenoxy) is 1. The number of allylic oxidation sites excluding steroid dienone is 1. The zero-order chi connectivity index (χ0) is 27.1. The molecule has 2 aromatic carbocycles. The van der Waals surface area contributed by atoms with E-state index in [0.29, 0.717) is 13.0 Å². The Morgan fingerprint density at radius 1 is 1.00 bits per heavy atom. The summed E-state index contributed by atoms with van der Waals surface area (Å²) in [6.45, 7) is 4.05. The standard InChI is InChI=1S/C31H38N2O5/c1-3-11-23-16-17-25-27(26(23)31(37)38-4-2)30(36)33(24(20-34)18-21-12-7-5-8-13-21)28(25)29(35)32-19-22-14-9-6-10-15-22/h5-10,12-17,23-28,34H,3-4,11,18-20H2,1-2H3,(H,32,35)/t23-,24-,25+,26-,27-,28+/m1/s1. The van der Waals surface area contributed by atoms with Crippen molar-refractivity contribution in [2.75, 3.05) is 13.2 Å². The SMILES string of the molecule is CCC[C@@H]1C=C[C@H]2[C@@H](C(=O)N([C@@H](CO)Cc3ccccc3)[C@@H]2C(=O)NCc2ccccc2)[C@@H]1C(=O)OCC. The molecule has 1 fully saturated rings. The number of fused-ring (bicyclic) bond motifs is 1. The van der Waals surface area contributed by atoms with E-state index in [2.05, 4.69) is 5.32 Å². The van der Waals surface area contributed by atoms with E-state index in [1.807, 2.05) is 79.7 Å². The zero-order valence-electron chi connectivity index (χ0n) is 22.2. The van der Waals surface area contributed by atoms with E-state index < -0.39 is 35.8 Å². The van der Waals surface area contributed by atoms with E-state index in [0.717, 1.165) is 24.0 Å². The lowest BCUT2D eigenvalue weighted by atomic mass is 9.69. The second-order valence-electron chi connectivity index (χ2n) is 10.1. The van der Waals surface area contributed by atoms with Gasteiger partial charge in [0.15, 0.2) is 0 Å². The molecule has 6 atom stereocenters. The van der Waals surface area contributed by atoms with Gasteiger partial charge in [0.25, 0.3) is 0 Å². The van der Waals surface area contributed by atoms with Gasteiger partial charge in [-0.2, -0.15) is 0 Å². The van der Waals surface area contributed by atoms with Gasteiger partial charge in [-0.1, -0.05) is 86.2 Å². The number of esters is 1. The van der Waals surface area contributed by atoms with Crippen LogP contribution >= 0.6 is 0 Å². The van der Waals surface area contributed by atoms with Crippen molar-refractivity contribution >= 4 is 17.8 Å². The van der Waals surface area contributed by atoms with Gasteiger partial charge in [0.05, 0.1) is 31.1 Å². The van der Waals surface area contributed by atoms with Gasteiger partial charge >= 0.3 is 5.97 Å². The fraction of sp³-hybridized carbons (Fsp3) is 0.452. The topological polar surface area (TPSA) is 95.9 Å². The van der Waals surface area contributed by atoms with Gasteiger partial charge in [-0.3, -0.25) is 14.4 Å². The van der Waals surface area contributed by atoms with Crippen LogP contribution in [-0.4, -0.2) is 53.1 Å². The van der Waals surface area contributed by atoms with E-state index in [1.54, 1.807) is 11.8 Å². The van der Waals surface area contributed by atoms with Crippen LogP contribution in [0, 0.1) is 23.7 Å². The van der Waals surface area contributed by atoms with Gasteiger partial charge in [-0.25, -0.2) is 0 Å². The van der Waals surface area contributed by atoms with Crippen LogP contribution in [0.15, 0.2) is 72.8 Å². The maximum Gasteiger partial charge on any atom is 0.310 e. The number of carbonyl (C=O) groups excluding carboxylic acids is 3. The summed E-state index contributed by atoms with van der Waals surface area (Å²) in [5, 5.41) is 13.5. The minimum Gasteiger partial charge on any atom is -0.466 e. The number of likely N-dealkylation sites (tertiary alicyclic amines) is 1. The molecule has 202 valence electrons. The quantitative estimate of drug-likeness (QED) is 0.351. The third kappa shape index (κ3) is 5.83. The van der Waals surface area contributed by atoms with Crippen LogP contribution in [0.5, 0.6) is 0 Å². The van der Waals surface area contributed by atoms with Gasteiger partial charge in [0, 0.05) is 12.5 Å². The van der Waals surface area contributed by atoms with E-state index in [4.69, 9.17) is 4.74 Å².